The number of piperidine rings is 1. The summed E-state index contributed by atoms with van der Waals surface area (Å²) in [5.41, 5.74) is 3.03. The van der Waals surface area contributed by atoms with Gasteiger partial charge in [0.15, 0.2) is 5.88 Å². The summed E-state index contributed by atoms with van der Waals surface area (Å²) in [4.78, 5) is 18.4. The molecule has 0 N–H and O–H groups in total. The molecule has 0 saturated carbocycles. The molecule has 0 unspecified atom stereocenters. The van der Waals surface area contributed by atoms with Gasteiger partial charge in [-0.1, -0.05) is 5.21 Å². The lowest BCUT2D eigenvalue weighted by atomic mass is 10.0. The predicted molar refractivity (Wildman–Crippen MR) is 112 cm³/mol. The van der Waals surface area contributed by atoms with Gasteiger partial charge in [-0.05, 0) is 46.6 Å². The smallest absolute Gasteiger partial charge is 0.410 e. The van der Waals surface area contributed by atoms with Crippen molar-refractivity contribution in [3.8, 4) is 17.1 Å². The van der Waals surface area contributed by atoms with Gasteiger partial charge in [0.05, 0.1) is 18.8 Å². The third-order valence-electron chi connectivity index (χ3n) is 5.34. The lowest BCUT2D eigenvalue weighted by Crippen LogP contribution is -2.42. The van der Waals surface area contributed by atoms with Crippen molar-refractivity contribution in [2.24, 2.45) is 0 Å². The lowest BCUT2D eigenvalue weighted by Gasteiger charge is -2.33. The molecule has 9 nitrogen and oxygen atoms in total. The topological polar surface area (TPSA) is 86.8 Å². The molecule has 1 fully saturated rings. The summed E-state index contributed by atoms with van der Waals surface area (Å²) in [6.07, 6.45) is 4.97. The van der Waals surface area contributed by atoms with Crippen LogP contribution < -0.4 is 4.74 Å². The Hall–Kier alpha value is -3.10. The van der Waals surface area contributed by atoms with Crippen molar-refractivity contribution in [3.05, 3.63) is 30.2 Å². The van der Waals surface area contributed by atoms with Crippen LogP contribution in [0.15, 0.2) is 24.5 Å². The van der Waals surface area contributed by atoms with E-state index in [0.29, 0.717) is 19.0 Å². The molecule has 3 aromatic rings. The number of carbonyl (C=O) groups is 1. The van der Waals surface area contributed by atoms with Crippen LogP contribution in [0.1, 0.15) is 45.3 Å². The van der Waals surface area contributed by atoms with Gasteiger partial charge >= 0.3 is 6.09 Å². The first-order chi connectivity index (χ1) is 14.3. The Balaban J connectivity index is 1.52. The van der Waals surface area contributed by atoms with Crippen molar-refractivity contribution in [1.82, 2.24) is 29.3 Å². The number of fused-ring (bicyclic) bond motifs is 1. The summed E-state index contributed by atoms with van der Waals surface area (Å²) in [6.45, 7) is 8.96. The maximum Gasteiger partial charge on any atom is 0.410 e. The summed E-state index contributed by atoms with van der Waals surface area (Å²) in [7, 11) is 1.64. The Bertz CT molecular complexity index is 1060. The van der Waals surface area contributed by atoms with Crippen molar-refractivity contribution < 1.29 is 14.3 Å². The van der Waals surface area contributed by atoms with Gasteiger partial charge < -0.3 is 14.4 Å². The molecule has 1 saturated heterocycles. The second kappa shape index (κ2) is 7.62. The van der Waals surface area contributed by atoms with Gasteiger partial charge in [-0.25, -0.2) is 14.5 Å². The Kier molecular flexibility index (Phi) is 5.13. The van der Waals surface area contributed by atoms with E-state index < -0.39 is 5.60 Å². The second-order valence-electron chi connectivity index (χ2n) is 8.61. The van der Waals surface area contributed by atoms with Crippen LogP contribution in [-0.2, 0) is 4.74 Å². The fourth-order valence-corrected chi connectivity index (χ4v) is 3.86. The summed E-state index contributed by atoms with van der Waals surface area (Å²) in [5, 5.41) is 8.88. The number of pyridine rings is 1. The van der Waals surface area contributed by atoms with Gasteiger partial charge in [-0.15, -0.1) is 5.10 Å². The van der Waals surface area contributed by atoms with E-state index >= 15 is 0 Å². The Morgan fingerprint density at radius 3 is 2.60 bits per heavy atom. The second-order valence-corrected chi connectivity index (χ2v) is 8.61. The van der Waals surface area contributed by atoms with E-state index in [0.717, 1.165) is 35.4 Å². The molecule has 4 rings (SSSR count). The number of amides is 1. The number of hydrogen-bond acceptors (Lipinski definition) is 6. The minimum absolute atomic E-state index is 0.196. The van der Waals surface area contributed by atoms with E-state index in [1.807, 2.05) is 55.1 Å². The number of imidazole rings is 1. The molecule has 1 aliphatic rings. The van der Waals surface area contributed by atoms with Gasteiger partial charge in [-0.3, -0.25) is 4.40 Å². The van der Waals surface area contributed by atoms with E-state index in [4.69, 9.17) is 9.47 Å². The fraction of sp³-hybridized carbons (Fsp3) is 0.524. The number of methoxy groups -OCH3 is 1. The normalized spacial score (nSPS) is 15.6. The van der Waals surface area contributed by atoms with Crippen LogP contribution in [0.25, 0.3) is 16.9 Å². The highest BCUT2D eigenvalue weighted by atomic mass is 16.6. The monoisotopic (exact) mass is 412 g/mol. The molecule has 0 aliphatic carbocycles. The molecule has 0 bridgehead atoms. The first-order valence-electron chi connectivity index (χ1n) is 10.2. The SMILES string of the molecule is COc1cc(-c2nnn(C3CCN(C(=O)OC(C)(C)C)CC3)c2C)cc2nccn12. The molecular weight excluding hydrogens is 384 g/mol. The van der Waals surface area contributed by atoms with Gasteiger partial charge in [0.1, 0.15) is 16.9 Å². The zero-order valence-corrected chi connectivity index (χ0v) is 18.1. The summed E-state index contributed by atoms with van der Waals surface area (Å²) in [6, 6.07) is 4.12. The highest BCUT2D eigenvalue weighted by Crippen LogP contribution is 2.30. The van der Waals surface area contributed by atoms with Crippen LogP contribution in [0.5, 0.6) is 5.88 Å². The molecule has 0 radical (unpaired) electrons. The Morgan fingerprint density at radius 2 is 1.93 bits per heavy atom. The molecule has 0 atom stereocenters. The van der Waals surface area contributed by atoms with Crippen LogP contribution in [0.2, 0.25) is 0 Å². The number of carbonyl (C=O) groups excluding carboxylic acids is 1. The largest absolute Gasteiger partial charge is 0.482 e. The molecule has 9 heteroatoms. The highest BCUT2D eigenvalue weighted by molar-refractivity contribution is 5.68. The third kappa shape index (κ3) is 3.83. The molecule has 4 heterocycles. The maximum atomic E-state index is 12.3. The van der Waals surface area contributed by atoms with Crippen molar-refractivity contribution in [2.45, 2.75) is 52.2 Å². The van der Waals surface area contributed by atoms with Crippen molar-refractivity contribution >= 4 is 11.7 Å². The van der Waals surface area contributed by atoms with Crippen LogP contribution in [0.4, 0.5) is 4.79 Å². The van der Waals surface area contributed by atoms with Crippen molar-refractivity contribution in [1.29, 1.82) is 0 Å². The first kappa shape index (κ1) is 20.2. The maximum absolute atomic E-state index is 12.3. The highest BCUT2D eigenvalue weighted by Gasteiger charge is 2.29. The average molecular weight is 412 g/mol. The quantitative estimate of drug-likeness (QED) is 0.655. The van der Waals surface area contributed by atoms with E-state index in [9.17, 15) is 4.79 Å². The van der Waals surface area contributed by atoms with Crippen LogP contribution >= 0.6 is 0 Å². The zero-order chi connectivity index (χ0) is 21.5. The third-order valence-corrected chi connectivity index (χ3v) is 5.34. The lowest BCUT2D eigenvalue weighted by molar-refractivity contribution is 0.0184. The van der Waals surface area contributed by atoms with Crippen molar-refractivity contribution in [2.75, 3.05) is 20.2 Å². The molecule has 0 aromatic carbocycles. The zero-order valence-electron chi connectivity index (χ0n) is 18.1. The number of nitrogens with zero attached hydrogens (tertiary/aromatic N) is 6. The standard InChI is InChI=1S/C21H28N6O3/c1-14-19(15-12-17-22-8-11-26(17)18(13-15)29-5)23-24-27(14)16-6-9-25(10-7-16)20(28)30-21(2,3)4/h8,11-13,16H,6-7,9-10H2,1-5H3. The van der Waals surface area contributed by atoms with Gasteiger partial charge in [0.2, 0.25) is 0 Å². The molecule has 0 spiro atoms. The Labute approximate surface area is 175 Å². The number of likely N-dealkylation sites (tertiary alicyclic amines) is 1. The molecule has 160 valence electrons. The van der Waals surface area contributed by atoms with Crippen LogP contribution in [-0.4, -0.2) is 61.2 Å². The molecule has 1 aliphatic heterocycles. The summed E-state index contributed by atoms with van der Waals surface area (Å²) >= 11 is 0. The molecule has 30 heavy (non-hydrogen) atoms. The molecule has 3 aromatic heterocycles. The van der Waals surface area contributed by atoms with Crippen LogP contribution in [0.3, 0.4) is 0 Å². The van der Waals surface area contributed by atoms with E-state index in [1.165, 1.54) is 0 Å². The molecule has 1 amide bonds. The minimum Gasteiger partial charge on any atom is -0.482 e. The van der Waals surface area contributed by atoms with Gasteiger partial charge in [-0.2, -0.15) is 0 Å². The van der Waals surface area contributed by atoms with Gasteiger partial charge in [0.25, 0.3) is 0 Å². The number of hydrogen-bond donors (Lipinski definition) is 0. The van der Waals surface area contributed by atoms with E-state index in [1.54, 1.807) is 18.2 Å². The fourth-order valence-electron chi connectivity index (χ4n) is 3.86. The summed E-state index contributed by atoms with van der Waals surface area (Å²) in [5.74, 6) is 0.694. The molecular formula is C21H28N6O3. The van der Waals surface area contributed by atoms with Crippen molar-refractivity contribution in [3.63, 3.8) is 0 Å². The predicted octanol–water partition coefficient (Wildman–Crippen LogP) is 3.48. The number of aromatic nitrogens is 5. The van der Waals surface area contributed by atoms with E-state index in [2.05, 4.69) is 15.3 Å². The Morgan fingerprint density at radius 1 is 1.20 bits per heavy atom. The van der Waals surface area contributed by atoms with E-state index in [-0.39, 0.29) is 12.1 Å². The van der Waals surface area contributed by atoms with Crippen LogP contribution in [0, 0.1) is 6.92 Å². The average Bonchev–Trinajstić information content (AvgIpc) is 3.32. The number of ether oxygens (including phenoxy) is 2. The first-order valence-corrected chi connectivity index (χ1v) is 10.2. The van der Waals surface area contributed by atoms with Gasteiger partial charge in [0, 0.05) is 37.1 Å². The number of rotatable bonds is 3. The summed E-state index contributed by atoms with van der Waals surface area (Å²) < 4.78 is 14.8. The minimum atomic E-state index is -0.484.